The Morgan fingerprint density at radius 2 is 1.53 bits per heavy atom. The average molecular weight is 479 g/mol. The first-order chi connectivity index (χ1) is 15.0. The molecule has 32 heavy (non-hydrogen) atoms. The van der Waals surface area contributed by atoms with Crippen molar-refractivity contribution in [2.75, 3.05) is 12.9 Å². The van der Waals surface area contributed by atoms with Crippen LogP contribution >= 0.6 is 0 Å². The van der Waals surface area contributed by atoms with Gasteiger partial charge in [0.1, 0.15) is 0 Å². The first kappa shape index (κ1) is 26.4. The Kier molecular flexibility index (Phi) is 9.39. The molecule has 1 unspecified atom stereocenters. The number of allylic oxidation sites excluding steroid dienone is 1. The monoisotopic (exact) mass is 478 g/mol. The summed E-state index contributed by atoms with van der Waals surface area (Å²) in [5.41, 5.74) is 0. The van der Waals surface area contributed by atoms with Crippen LogP contribution in [0.5, 0.6) is 0 Å². The van der Waals surface area contributed by atoms with Gasteiger partial charge in [-0.15, -0.1) is 0 Å². The zero-order valence-electron chi connectivity index (χ0n) is 19.7. The Morgan fingerprint density at radius 1 is 1.03 bits per heavy atom. The highest BCUT2D eigenvalue weighted by molar-refractivity contribution is 7.85. The maximum atomic E-state index is 14.3. The molecule has 0 heterocycles. The van der Waals surface area contributed by atoms with Crippen LogP contribution in [0.25, 0.3) is 0 Å². The molecule has 0 saturated carbocycles. The molecule has 4 nitrogen and oxygen atoms in total. The summed E-state index contributed by atoms with van der Waals surface area (Å²) in [5.74, 6) is -0.278. The molecule has 2 aromatic carbocycles. The van der Waals surface area contributed by atoms with Crippen molar-refractivity contribution in [3.05, 3.63) is 72.6 Å². The molecule has 2 aromatic rings. The zero-order chi connectivity index (χ0) is 23.8. The molecule has 0 aromatic heterocycles. The molecule has 2 rings (SSSR count). The fraction of sp³-hybridized carbons (Fsp3) is 0.440. The van der Waals surface area contributed by atoms with Crippen LogP contribution in [0.2, 0.25) is 5.04 Å². The van der Waals surface area contributed by atoms with Gasteiger partial charge in [-0.05, 0) is 35.2 Å². The van der Waals surface area contributed by atoms with Crippen LogP contribution in [0.1, 0.15) is 47.0 Å². The lowest BCUT2D eigenvalue weighted by atomic mass is 10.2. The van der Waals surface area contributed by atoms with Gasteiger partial charge >= 0.3 is 0 Å². The molecule has 0 saturated heterocycles. The van der Waals surface area contributed by atoms with Crippen LogP contribution < -0.4 is 10.4 Å². The fourth-order valence-corrected chi connectivity index (χ4v) is 9.05. The van der Waals surface area contributed by atoms with Gasteiger partial charge in [0, 0.05) is 12.5 Å². The molecule has 0 amide bonds. The van der Waals surface area contributed by atoms with Crippen LogP contribution in [0, 0.1) is 0 Å². The van der Waals surface area contributed by atoms with Crippen LogP contribution in [0.3, 0.4) is 0 Å². The maximum Gasteiger partial charge on any atom is 0.264 e. The molecule has 1 atom stereocenters. The van der Waals surface area contributed by atoms with Crippen molar-refractivity contribution in [2.45, 2.75) is 58.1 Å². The van der Waals surface area contributed by atoms with Gasteiger partial charge in [-0.3, -0.25) is 4.18 Å². The Labute approximate surface area is 193 Å². The first-order valence-corrected chi connectivity index (χ1v) is 14.7. The van der Waals surface area contributed by atoms with Crippen LogP contribution in [-0.4, -0.2) is 35.7 Å². The summed E-state index contributed by atoms with van der Waals surface area (Å²) in [4.78, 5) is 0. The summed E-state index contributed by atoms with van der Waals surface area (Å²) in [6, 6.07) is 20.7. The average Bonchev–Trinajstić information content (AvgIpc) is 2.73. The van der Waals surface area contributed by atoms with E-state index in [1.54, 1.807) is 0 Å². The summed E-state index contributed by atoms with van der Waals surface area (Å²) in [6.07, 6.45) is 3.19. The minimum Gasteiger partial charge on any atom is -0.405 e. The highest BCUT2D eigenvalue weighted by Gasteiger charge is 2.50. The normalized spacial score (nSPS) is 14.4. The van der Waals surface area contributed by atoms with E-state index in [0.29, 0.717) is 6.42 Å². The molecular formula is C25H35FO4SSi. The van der Waals surface area contributed by atoms with Crippen LogP contribution in [-0.2, 0) is 18.7 Å². The molecule has 0 aliphatic rings. The molecule has 0 aliphatic heterocycles. The molecule has 176 valence electrons. The van der Waals surface area contributed by atoms with E-state index in [1.165, 1.54) is 16.4 Å². The van der Waals surface area contributed by atoms with Crippen molar-refractivity contribution in [1.29, 1.82) is 0 Å². The summed E-state index contributed by atoms with van der Waals surface area (Å²) in [5, 5.41) is 2.25. The highest BCUT2D eigenvalue weighted by Crippen LogP contribution is 2.38. The SMILES string of the molecule is CC(CC/C(F)=C/CCOS(C)(=O)=O)O[Si](c1ccccc1)(c1ccccc1)C(C)(C)C. The Bertz CT molecular complexity index is 931. The molecule has 0 fully saturated rings. The van der Waals surface area contributed by atoms with Gasteiger partial charge in [0.15, 0.2) is 0 Å². The number of rotatable bonds is 11. The quantitative estimate of drug-likeness (QED) is 0.260. The summed E-state index contributed by atoms with van der Waals surface area (Å²) < 4.78 is 47.9. The second-order valence-corrected chi connectivity index (χ2v) is 15.0. The van der Waals surface area contributed by atoms with Crippen LogP contribution in [0.15, 0.2) is 72.6 Å². The molecule has 0 N–H and O–H groups in total. The molecule has 0 aliphatic carbocycles. The van der Waals surface area contributed by atoms with Crippen molar-refractivity contribution in [1.82, 2.24) is 0 Å². The number of hydrogen-bond donors (Lipinski definition) is 0. The second kappa shape index (κ2) is 11.4. The van der Waals surface area contributed by atoms with E-state index in [9.17, 15) is 12.8 Å². The molecule has 0 radical (unpaired) electrons. The third-order valence-electron chi connectivity index (χ3n) is 5.37. The molecule has 0 spiro atoms. The van der Waals surface area contributed by atoms with E-state index in [1.807, 2.05) is 43.3 Å². The van der Waals surface area contributed by atoms with Crippen molar-refractivity contribution in [3.63, 3.8) is 0 Å². The lowest BCUT2D eigenvalue weighted by Crippen LogP contribution is -2.67. The van der Waals surface area contributed by atoms with E-state index in [0.717, 1.165) is 6.26 Å². The van der Waals surface area contributed by atoms with Gasteiger partial charge in [-0.25, -0.2) is 4.39 Å². The van der Waals surface area contributed by atoms with Crippen molar-refractivity contribution < 1.29 is 21.4 Å². The largest absolute Gasteiger partial charge is 0.405 e. The van der Waals surface area contributed by atoms with Gasteiger partial charge in [0.05, 0.1) is 18.7 Å². The van der Waals surface area contributed by atoms with Crippen molar-refractivity contribution in [2.24, 2.45) is 0 Å². The van der Waals surface area contributed by atoms with E-state index in [-0.39, 0.29) is 36.4 Å². The summed E-state index contributed by atoms with van der Waals surface area (Å²) in [6.45, 7) is 8.59. The van der Waals surface area contributed by atoms with Gasteiger partial charge in [-0.2, -0.15) is 8.42 Å². The molecule has 0 bridgehead atoms. The zero-order valence-corrected chi connectivity index (χ0v) is 21.5. The maximum absolute atomic E-state index is 14.3. The second-order valence-electron chi connectivity index (χ2n) is 9.10. The van der Waals surface area contributed by atoms with Gasteiger partial charge in [0.2, 0.25) is 0 Å². The third kappa shape index (κ3) is 7.37. The van der Waals surface area contributed by atoms with E-state index in [4.69, 9.17) is 4.43 Å². The van der Waals surface area contributed by atoms with Gasteiger partial charge in [0.25, 0.3) is 18.4 Å². The minimum atomic E-state index is -3.50. The minimum absolute atomic E-state index is 0.0552. The lowest BCUT2D eigenvalue weighted by Gasteiger charge is -2.44. The van der Waals surface area contributed by atoms with Crippen molar-refractivity contribution in [3.8, 4) is 0 Å². The highest BCUT2D eigenvalue weighted by atomic mass is 32.2. The first-order valence-electron chi connectivity index (χ1n) is 10.9. The predicted octanol–water partition coefficient (Wildman–Crippen LogP) is 4.95. The number of hydrogen-bond acceptors (Lipinski definition) is 4. The fourth-order valence-electron chi connectivity index (χ4n) is 3.91. The Morgan fingerprint density at radius 3 is 1.97 bits per heavy atom. The van der Waals surface area contributed by atoms with E-state index < -0.39 is 18.4 Å². The van der Waals surface area contributed by atoms with Crippen LogP contribution in [0.4, 0.5) is 4.39 Å². The third-order valence-corrected chi connectivity index (χ3v) is 11.1. The molecular weight excluding hydrogens is 443 g/mol. The lowest BCUT2D eigenvalue weighted by molar-refractivity contribution is 0.194. The van der Waals surface area contributed by atoms with Gasteiger partial charge < -0.3 is 4.43 Å². The topological polar surface area (TPSA) is 52.6 Å². The van der Waals surface area contributed by atoms with Crippen molar-refractivity contribution >= 4 is 28.8 Å². The number of halogens is 1. The van der Waals surface area contributed by atoms with E-state index >= 15 is 0 Å². The standard InChI is InChI=1S/C25H35FO4SSi/c1-21(18-19-22(26)13-12-20-29-31(5,27)28)30-32(25(2,3)4,23-14-8-6-9-15-23)24-16-10-7-11-17-24/h6-11,13-17,21H,12,18-20H2,1-5H3/b22-13-. The van der Waals surface area contributed by atoms with Gasteiger partial charge in [-0.1, -0.05) is 87.5 Å². The molecule has 7 heteroatoms. The van der Waals surface area contributed by atoms with E-state index in [2.05, 4.69) is 49.2 Å². The predicted molar refractivity (Wildman–Crippen MR) is 132 cm³/mol. The number of benzene rings is 2. The summed E-state index contributed by atoms with van der Waals surface area (Å²) in [7, 11) is -6.17. The summed E-state index contributed by atoms with van der Waals surface area (Å²) >= 11 is 0. The Hall–Kier alpha value is -1.80. The Balaban J connectivity index is 2.20. The smallest absolute Gasteiger partial charge is 0.264 e.